The maximum atomic E-state index is 9.78. The molecule has 8 heavy (non-hydrogen) atoms. The zero-order valence-electron chi connectivity index (χ0n) is 5.85. The molecule has 1 heteroatoms. The number of aldehydes is 1. The van der Waals surface area contributed by atoms with Crippen molar-refractivity contribution < 1.29 is 4.79 Å². The lowest BCUT2D eigenvalue weighted by molar-refractivity contribution is -0.109. The van der Waals surface area contributed by atoms with Crippen LogP contribution in [0.1, 0.15) is 27.2 Å². The quantitative estimate of drug-likeness (QED) is 0.475. The van der Waals surface area contributed by atoms with Crippen molar-refractivity contribution in [3.8, 4) is 0 Å². The summed E-state index contributed by atoms with van der Waals surface area (Å²) in [6.45, 7) is 6.10. The predicted octanol–water partition coefficient (Wildman–Crippen LogP) is 1.87. The number of carbonyl (C=O) groups is 1. The van der Waals surface area contributed by atoms with E-state index in [1.165, 1.54) is 0 Å². The van der Waals surface area contributed by atoms with Crippen LogP contribution in [-0.4, -0.2) is 6.29 Å². The first-order valence-electron chi connectivity index (χ1n) is 3.30. The summed E-state index contributed by atoms with van der Waals surface area (Å²) in [6.07, 6.45) is 2.17. The van der Waals surface area contributed by atoms with E-state index in [0.717, 1.165) is 12.7 Å². The van der Waals surface area contributed by atoms with E-state index in [1.54, 1.807) is 0 Å². The fourth-order valence-electron chi connectivity index (χ4n) is 0.540. The molecule has 0 aromatic rings. The van der Waals surface area contributed by atoms with E-state index in [1.807, 2.05) is 13.8 Å². The van der Waals surface area contributed by atoms with Gasteiger partial charge in [0.2, 0.25) is 0 Å². The second kappa shape index (κ2) is 3.65. The molecule has 0 aliphatic heterocycles. The Morgan fingerprint density at radius 1 is 1.50 bits per heavy atom. The van der Waals surface area contributed by atoms with Crippen molar-refractivity contribution in [1.82, 2.24) is 0 Å². The van der Waals surface area contributed by atoms with Crippen LogP contribution in [0.5, 0.6) is 0 Å². The molecule has 0 aromatic carbocycles. The Bertz CT molecular complexity index is 68.8. The third-order valence-electron chi connectivity index (χ3n) is 1.35. The Morgan fingerprint density at radius 3 is 1.88 bits per heavy atom. The highest BCUT2D eigenvalue weighted by atomic mass is 16.1. The summed E-state index contributed by atoms with van der Waals surface area (Å²) in [7, 11) is 0. The molecule has 0 saturated heterocycles. The van der Waals surface area contributed by atoms with Crippen LogP contribution >= 0.6 is 0 Å². The molecule has 0 N–H and O–H groups in total. The first kappa shape index (κ1) is 7.67. The van der Waals surface area contributed by atoms with Crippen molar-refractivity contribution in [1.29, 1.82) is 0 Å². The van der Waals surface area contributed by atoms with Crippen molar-refractivity contribution in [2.75, 3.05) is 0 Å². The summed E-state index contributed by atoms with van der Waals surface area (Å²) in [5, 5.41) is 0. The SMILES string of the molecule is CC.CC1CC1C=O. The molecule has 1 fully saturated rings. The van der Waals surface area contributed by atoms with Gasteiger partial charge in [0.25, 0.3) is 0 Å². The fraction of sp³-hybridized carbons (Fsp3) is 0.857. The highest BCUT2D eigenvalue weighted by molar-refractivity contribution is 5.57. The van der Waals surface area contributed by atoms with E-state index in [0.29, 0.717) is 11.8 Å². The van der Waals surface area contributed by atoms with Gasteiger partial charge in [0.05, 0.1) is 0 Å². The molecule has 1 aliphatic rings. The van der Waals surface area contributed by atoms with E-state index in [9.17, 15) is 4.79 Å². The smallest absolute Gasteiger partial charge is 0.123 e. The molecule has 0 amide bonds. The topological polar surface area (TPSA) is 17.1 Å². The Labute approximate surface area is 51.1 Å². The van der Waals surface area contributed by atoms with Gasteiger partial charge in [-0.2, -0.15) is 0 Å². The molecular weight excluding hydrogens is 100 g/mol. The zero-order chi connectivity index (χ0) is 6.57. The van der Waals surface area contributed by atoms with Crippen molar-refractivity contribution in [3.63, 3.8) is 0 Å². The van der Waals surface area contributed by atoms with Gasteiger partial charge in [0.1, 0.15) is 6.29 Å². The van der Waals surface area contributed by atoms with Crippen LogP contribution in [0.3, 0.4) is 0 Å². The van der Waals surface area contributed by atoms with Crippen molar-refractivity contribution >= 4 is 6.29 Å². The molecule has 0 bridgehead atoms. The van der Waals surface area contributed by atoms with E-state index >= 15 is 0 Å². The van der Waals surface area contributed by atoms with Crippen LogP contribution in [0.2, 0.25) is 0 Å². The molecule has 0 radical (unpaired) electrons. The highest BCUT2D eigenvalue weighted by Crippen LogP contribution is 2.34. The van der Waals surface area contributed by atoms with Crippen molar-refractivity contribution in [2.45, 2.75) is 27.2 Å². The van der Waals surface area contributed by atoms with Gasteiger partial charge < -0.3 is 4.79 Å². The molecule has 1 nitrogen and oxygen atoms in total. The lowest BCUT2D eigenvalue weighted by Crippen LogP contribution is -1.73. The molecule has 1 saturated carbocycles. The van der Waals surface area contributed by atoms with Gasteiger partial charge in [0, 0.05) is 5.92 Å². The van der Waals surface area contributed by atoms with Gasteiger partial charge >= 0.3 is 0 Å². The normalized spacial score (nSPS) is 32.4. The minimum atomic E-state index is 0.421. The minimum Gasteiger partial charge on any atom is -0.303 e. The number of hydrogen-bond acceptors (Lipinski definition) is 1. The molecule has 0 aromatic heterocycles. The summed E-state index contributed by atoms with van der Waals surface area (Å²) in [4.78, 5) is 9.78. The summed E-state index contributed by atoms with van der Waals surface area (Å²) >= 11 is 0. The van der Waals surface area contributed by atoms with Gasteiger partial charge in [-0.25, -0.2) is 0 Å². The minimum absolute atomic E-state index is 0.421. The van der Waals surface area contributed by atoms with Crippen LogP contribution in [0.4, 0.5) is 0 Å². The standard InChI is InChI=1S/C5H8O.C2H6/c1-4-2-5(4)3-6;1-2/h3-5H,2H2,1H3;1-2H3. The first-order valence-corrected chi connectivity index (χ1v) is 3.30. The third-order valence-corrected chi connectivity index (χ3v) is 1.35. The van der Waals surface area contributed by atoms with Gasteiger partial charge in [-0.05, 0) is 12.3 Å². The zero-order valence-corrected chi connectivity index (χ0v) is 5.85. The van der Waals surface area contributed by atoms with E-state index in [2.05, 4.69) is 6.92 Å². The first-order chi connectivity index (χ1) is 3.84. The Kier molecular flexibility index (Phi) is 3.49. The molecule has 1 aliphatic carbocycles. The molecule has 48 valence electrons. The maximum Gasteiger partial charge on any atom is 0.123 e. The largest absolute Gasteiger partial charge is 0.303 e. The Morgan fingerprint density at radius 2 is 1.88 bits per heavy atom. The lowest BCUT2D eigenvalue weighted by atomic mass is 10.4. The third kappa shape index (κ3) is 2.10. The number of rotatable bonds is 1. The van der Waals surface area contributed by atoms with Crippen LogP contribution < -0.4 is 0 Å². The Balaban J connectivity index is 0.000000222. The maximum absolute atomic E-state index is 9.78. The molecule has 2 unspecified atom stereocenters. The molecule has 2 atom stereocenters. The van der Waals surface area contributed by atoms with E-state index < -0.39 is 0 Å². The summed E-state index contributed by atoms with van der Waals surface area (Å²) in [5.41, 5.74) is 0. The van der Waals surface area contributed by atoms with Gasteiger partial charge in [-0.1, -0.05) is 20.8 Å². The van der Waals surface area contributed by atoms with Gasteiger partial charge in [0.15, 0.2) is 0 Å². The van der Waals surface area contributed by atoms with Gasteiger partial charge in [-0.3, -0.25) is 0 Å². The molecular formula is C7H14O. The second-order valence-electron chi connectivity index (χ2n) is 2.01. The second-order valence-corrected chi connectivity index (χ2v) is 2.01. The predicted molar refractivity (Wildman–Crippen MR) is 34.7 cm³/mol. The summed E-state index contributed by atoms with van der Waals surface area (Å²) in [5.74, 6) is 1.12. The van der Waals surface area contributed by atoms with Crippen LogP contribution in [-0.2, 0) is 4.79 Å². The average molecular weight is 114 g/mol. The van der Waals surface area contributed by atoms with E-state index in [4.69, 9.17) is 0 Å². The summed E-state index contributed by atoms with van der Waals surface area (Å²) in [6, 6.07) is 0. The highest BCUT2D eigenvalue weighted by Gasteiger charge is 2.31. The molecule has 0 spiro atoms. The summed E-state index contributed by atoms with van der Waals surface area (Å²) < 4.78 is 0. The van der Waals surface area contributed by atoms with Crippen LogP contribution in [0.25, 0.3) is 0 Å². The number of hydrogen-bond donors (Lipinski definition) is 0. The van der Waals surface area contributed by atoms with Crippen LogP contribution in [0.15, 0.2) is 0 Å². The van der Waals surface area contributed by atoms with Gasteiger partial charge in [-0.15, -0.1) is 0 Å². The van der Waals surface area contributed by atoms with E-state index in [-0.39, 0.29) is 0 Å². The Hall–Kier alpha value is -0.330. The fourth-order valence-corrected chi connectivity index (χ4v) is 0.540. The molecule has 0 heterocycles. The van der Waals surface area contributed by atoms with Crippen LogP contribution in [0, 0.1) is 11.8 Å². The number of carbonyl (C=O) groups excluding carboxylic acids is 1. The monoisotopic (exact) mass is 114 g/mol. The average Bonchev–Trinajstić information content (AvgIpc) is 2.52. The lowest BCUT2D eigenvalue weighted by Gasteiger charge is -1.67. The van der Waals surface area contributed by atoms with Crippen molar-refractivity contribution in [3.05, 3.63) is 0 Å². The molecule has 1 rings (SSSR count). The van der Waals surface area contributed by atoms with Crippen molar-refractivity contribution in [2.24, 2.45) is 11.8 Å².